The molecule has 1 aliphatic rings. The highest BCUT2D eigenvalue weighted by Crippen LogP contribution is 2.25. The zero-order valence-corrected chi connectivity index (χ0v) is 11.5. The monoisotopic (exact) mass is 284 g/mol. The Hall–Kier alpha value is -1.13. The molecule has 0 bridgehead atoms. The van der Waals surface area contributed by atoms with Crippen molar-refractivity contribution in [2.75, 3.05) is 6.54 Å². The molecule has 0 saturated heterocycles. The van der Waals surface area contributed by atoms with Crippen molar-refractivity contribution >= 4 is 17.5 Å². The van der Waals surface area contributed by atoms with Crippen LogP contribution in [0.2, 0.25) is 5.02 Å². The van der Waals surface area contributed by atoms with Crippen molar-refractivity contribution in [3.63, 3.8) is 0 Å². The molecule has 0 heterocycles. The van der Waals surface area contributed by atoms with Crippen LogP contribution in [0.1, 0.15) is 42.5 Å². The van der Waals surface area contributed by atoms with Crippen molar-refractivity contribution in [2.24, 2.45) is 5.73 Å². The van der Waals surface area contributed by atoms with E-state index in [1.54, 1.807) is 0 Å². The second-order valence-electron chi connectivity index (χ2n) is 5.21. The molecule has 1 aromatic rings. The number of nitrogens with two attached hydrogens (primary N) is 1. The number of hydrogen-bond donors (Lipinski definition) is 2. The quantitative estimate of drug-likeness (QED) is 0.897. The molecule has 104 valence electrons. The van der Waals surface area contributed by atoms with Crippen molar-refractivity contribution in [1.29, 1.82) is 0 Å². The Balaban J connectivity index is 1.99. The molecule has 19 heavy (non-hydrogen) atoms. The minimum Gasteiger partial charge on any atom is -0.350 e. The van der Waals surface area contributed by atoms with Crippen LogP contribution in [0.4, 0.5) is 4.39 Å². The van der Waals surface area contributed by atoms with Crippen LogP contribution in [0, 0.1) is 5.82 Å². The molecule has 5 heteroatoms. The van der Waals surface area contributed by atoms with Crippen molar-refractivity contribution in [1.82, 2.24) is 5.32 Å². The van der Waals surface area contributed by atoms with Gasteiger partial charge in [0.05, 0.1) is 10.6 Å². The predicted octanol–water partition coefficient (Wildman–Crippen LogP) is 2.87. The number of carbonyl (C=O) groups excluding carboxylic acids is 1. The Bertz CT molecular complexity index is 473. The van der Waals surface area contributed by atoms with E-state index in [1.165, 1.54) is 24.6 Å². The van der Waals surface area contributed by atoms with E-state index < -0.39 is 5.82 Å². The van der Waals surface area contributed by atoms with Crippen LogP contribution in [-0.4, -0.2) is 18.0 Å². The molecule has 0 atom stereocenters. The lowest BCUT2D eigenvalue weighted by atomic mass is 9.82. The minimum atomic E-state index is -0.588. The van der Waals surface area contributed by atoms with Gasteiger partial charge in [0, 0.05) is 12.1 Å². The van der Waals surface area contributed by atoms with Crippen molar-refractivity contribution in [2.45, 2.75) is 37.6 Å². The van der Waals surface area contributed by atoms with Gasteiger partial charge in [0.15, 0.2) is 0 Å². The molecular formula is C14H18ClFN2O. The average molecular weight is 285 g/mol. The maximum absolute atomic E-state index is 13.3. The molecule has 0 spiro atoms. The van der Waals surface area contributed by atoms with E-state index in [0.29, 0.717) is 6.54 Å². The summed E-state index contributed by atoms with van der Waals surface area (Å²) in [5.74, 6) is -0.964. The normalized spacial score (nSPS) is 18.1. The smallest absolute Gasteiger partial charge is 0.252 e. The largest absolute Gasteiger partial charge is 0.350 e. The maximum atomic E-state index is 13.3. The lowest BCUT2D eigenvalue weighted by Crippen LogP contribution is -2.51. The van der Waals surface area contributed by atoms with Gasteiger partial charge in [0.1, 0.15) is 5.82 Å². The van der Waals surface area contributed by atoms with Crippen LogP contribution in [-0.2, 0) is 0 Å². The van der Waals surface area contributed by atoms with E-state index in [0.717, 1.165) is 25.7 Å². The molecule has 1 aromatic carbocycles. The highest BCUT2D eigenvalue weighted by atomic mass is 35.5. The summed E-state index contributed by atoms with van der Waals surface area (Å²) in [7, 11) is 0. The van der Waals surface area contributed by atoms with Crippen molar-refractivity contribution in [3.8, 4) is 0 Å². The van der Waals surface area contributed by atoms with E-state index in [9.17, 15) is 9.18 Å². The second-order valence-corrected chi connectivity index (χ2v) is 5.59. The van der Waals surface area contributed by atoms with Gasteiger partial charge < -0.3 is 11.1 Å². The van der Waals surface area contributed by atoms with Gasteiger partial charge in [-0.2, -0.15) is 0 Å². The Kier molecular flexibility index (Phi) is 4.42. The summed E-state index contributed by atoms with van der Waals surface area (Å²) in [6, 6.07) is 4.20. The Morgan fingerprint density at radius 2 is 2.05 bits per heavy atom. The molecule has 0 aliphatic heterocycles. The van der Waals surface area contributed by atoms with Gasteiger partial charge >= 0.3 is 0 Å². The number of rotatable bonds is 3. The first-order valence-electron chi connectivity index (χ1n) is 6.53. The molecule has 0 aromatic heterocycles. The lowest BCUT2D eigenvalue weighted by Gasteiger charge is -2.33. The maximum Gasteiger partial charge on any atom is 0.252 e. The molecule has 1 fully saturated rings. The summed E-state index contributed by atoms with van der Waals surface area (Å²) in [6.45, 7) is 0.401. The third-order valence-electron chi connectivity index (χ3n) is 3.65. The van der Waals surface area contributed by atoms with Gasteiger partial charge in [-0.15, -0.1) is 0 Å². The number of amides is 1. The van der Waals surface area contributed by atoms with Crippen molar-refractivity contribution < 1.29 is 9.18 Å². The molecule has 3 nitrogen and oxygen atoms in total. The van der Waals surface area contributed by atoms with Crippen LogP contribution >= 0.6 is 11.6 Å². The minimum absolute atomic E-state index is 0.144. The molecule has 3 N–H and O–H groups in total. The van der Waals surface area contributed by atoms with Gasteiger partial charge in [0.25, 0.3) is 5.91 Å². The summed E-state index contributed by atoms with van der Waals surface area (Å²) in [5, 5.41) is 2.62. The van der Waals surface area contributed by atoms with E-state index in [4.69, 9.17) is 17.3 Å². The number of halogens is 2. The Labute approximate surface area is 117 Å². The molecule has 0 unspecified atom stereocenters. The van der Waals surface area contributed by atoms with E-state index in [1.807, 2.05) is 0 Å². The number of benzene rings is 1. The summed E-state index contributed by atoms with van der Waals surface area (Å²) >= 11 is 5.78. The molecule has 2 rings (SSSR count). The first-order chi connectivity index (χ1) is 9.02. The summed E-state index contributed by atoms with van der Waals surface area (Å²) in [6.07, 6.45) is 5.19. The van der Waals surface area contributed by atoms with Crippen LogP contribution < -0.4 is 11.1 Å². The van der Waals surface area contributed by atoms with E-state index in [2.05, 4.69) is 5.32 Å². The van der Waals surface area contributed by atoms with E-state index in [-0.39, 0.29) is 22.0 Å². The Morgan fingerprint density at radius 1 is 1.37 bits per heavy atom. The van der Waals surface area contributed by atoms with Gasteiger partial charge in [-0.3, -0.25) is 4.79 Å². The number of nitrogens with one attached hydrogen (secondary N) is 1. The standard InChI is InChI=1S/C14H18ClFN2O/c15-12-10(5-4-6-11(12)16)13(19)18-9-14(17)7-2-1-3-8-14/h4-6H,1-3,7-9,17H2,(H,18,19). The molecular weight excluding hydrogens is 267 g/mol. The zero-order valence-electron chi connectivity index (χ0n) is 10.7. The highest BCUT2D eigenvalue weighted by molar-refractivity contribution is 6.34. The van der Waals surface area contributed by atoms with Crippen LogP contribution in [0.25, 0.3) is 0 Å². The second kappa shape index (κ2) is 5.88. The van der Waals surface area contributed by atoms with Gasteiger partial charge in [0.2, 0.25) is 0 Å². The summed E-state index contributed by atoms with van der Waals surface area (Å²) < 4.78 is 13.3. The van der Waals surface area contributed by atoms with E-state index >= 15 is 0 Å². The summed E-state index contributed by atoms with van der Waals surface area (Å²) in [4.78, 5) is 12.0. The van der Waals surface area contributed by atoms with Gasteiger partial charge in [-0.1, -0.05) is 36.9 Å². The number of carbonyl (C=O) groups is 1. The van der Waals surface area contributed by atoms with Crippen molar-refractivity contribution in [3.05, 3.63) is 34.6 Å². The molecule has 1 amide bonds. The fourth-order valence-electron chi connectivity index (χ4n) is 2.46. The van der Waals surface area contributed by atoms with Gasteiger partial charge in [-0.05, 0) is 25.0 Å². The third kappa shape index (κ3) is 3.45. The first kappa shape index (κ1) is 14.3. The molecule has 1 saturated carbocycles. The molecule has 1 aliphatic carbocycles. The van der Waals surface area contributed by atoms with Crippen LogP contribution in [0.3, 0.4) is 0 Å². The van der Waals surface area contributed by atoms with Gasteiger partial charge in [-0.25, -0.2) is 4.39 Å². The average Bonchev–Trinajstić information content (AvgIpc) is 2.40. The number of hydrogen-bond acceptors (Lipinski definition) is 2. The fourth-order valence-corrected chi connectivity index (χ4v) is 2.68. The highest BCUT2D eigenvalue weighted by Gasteiger charge is 2.28. The molecule has 0 radical (unpaired) electrons. The Morgan fingerprint density at radius 3 is 2.74 bits per heavy atom. The predicted molar refractivity (Wildman–Crippen MR) is 73.7 cm³/mol. The van der Waals surface area contributed by atoms with Crippen LogP contribution in [0.5, 0.6) is 0 Å². The van der Waals surface area contributed by atoms with Crippen LogP contribution in [0.15, 0.2) is 18.2 Å². The fraction of sp³-hybridized carbons (Fsp3) is 0.500. The SMILES string of the molecule is NC1(CNC(=O)c2cccc(F)c2Cl)CCCCC1. The zero-order chi connectivity index (χ0) is 13.9. The lowest BCUT2D eigenvalue weighted by molar-refractivity contribution is 0.0937. The third-order valence-corrected chi connectivity index (χ3v) is 4.03. The summed E-state index contributed by atoms with van der Waals surface area (Å²) in [5.41, 5.74) is 6.05. The topological polar surface area (TPSA) is 55.1 Å². The first-order valence-corrected chi connectivity index (χ1v) is 6.91.